The van der Waals surface area contributed by atoms with E-state index in [1.807, 2.05) is 42.5 Å². The number of halogens is 1. The Morgan fingerprint density at radius 1 is 1.10 bits per heavy atom. The van der Waals surface area contributed by atoms with Crippen molar-refractivity contribution in [1.82, 2.24) is 19.6 Å². The smallest absolute Gasteiger partial charge is 0.253 e. The highest BCUT2D eigenvalue weighted by Gasteiger charge is 2.28. The maximum atomic E-state index is 12.8. The average molecular weight is 449 g/mol. The third-order valence-electron chi connectivity index (χ3n) is 5.31. The Labute approximate surface area is 187 Å². The topological polar surface area (TPSA) is 77.2 Å². The highest BCUT2D eigenvalue weighted by molar-refractivity contribution is 7.99. The molecule has 5 rings (SSSR count). The maximum absolute atomic E-state index is 12.8. The summed E-state index contributed by atoms with van der Waals surface area (Å²) in [5.74, 6) is 0.735. The standard InChI is InChI=1S/C23H17ClN4O2S/c24-17-8-4-7-15(9-17)16-10-19-18(20(29)11-16)12-28-22(25-19)26-23(27-28)31-13-21(30)14-5-2-1-3-6-14/h1-9,12,16H,10-11,13H2/t16-/m1/s1. The number of aromatic nitrogens is 4. The van der Waals surface area contributed by atoms with Crippen LogP contribution in [0.4, 0.5) is 0 Å². The van der Waals surface area contributed by atoms with Crippen molar-refractivity contribution in [2.75, 3.05) is 5.75 Å². The number of hydrogen-bond acceptors (Lipinski definition) is 6. The predicted octanol–water partition coefficient (Wildman–Crippen LogP) is 4.67. The molecule has 0 amide bonds. The molecule has 0 saturated carbocycles. The van der Waals surface area contributed by atoms with Crippen LogP contribution in [0, 0.1) is 0 Å². The molecule has 0 aliphatic heterocycles. The summed E-state index contributed by atoms with van der Waals surface area (Å²) < 4.78 is 1.52. The van der Waals surface area contributed by atoms with Crippen LogP contribution in [0.25, 0.3) is 5.78 Å². The van der Waals surface area contributed by atoms with Gasteiger partial charge in [0.1, 0.15) is 0 Å². The summed E-state index contributed by atoms with van der Waals surface area (Å²) in [6.45, 7) is 0. The van der Waals surface area contributed by atoms with E-state index in [0.717, 1.165) is 11.3 Å². The molecule has 0 fully saturated rings. The first-order valence-corrected chi connectivity index (χ1v) is 11.2. The van der Waals surface area contributed by atoms with Crippen molar-refractivity contribution in [2.24, 2.45) is 0 Å². The molecule has 31 heavy (non-hydrogen) atoms. The van der Waals surface area contributed by atoms with Crippen molar-refractivity contribution in [2.45, 2.75) is 23.9 Å². The third kappa shape index (κ3) is 4.11. The van der Waals surface area contributed by atoms with Gasteiger partial charge in [-0.1, -0.05) is 65.8 Å². The summed E-state index contributed by atoms with van der Waals surface area (Å²) in [5.41, 5.74) is 2.99. The Morgan fingerprint density at radius 3 is 2.74 bits per heavy atom. The monoisotopic (exact) mass is 448 g/mol. The Balaban J connectivity index is 1.38. The lowest BCUT2D eigenvalue weighted by Gasteiger charge is -2.23. The largest absolute Gasteiger partial charge is 0.294 e. The molecule has 0 radical (unpaired) electrons. The number of benzene rings is 2. The minimum Gasteiger partial charge on any atom is -0.294 e. The molecule has 2 aromatic heterocycles. The van der Waals surface area contributed by atoms with E-state index in [2.05, 4.69) is 15.1 Å². The van der Waals surface area contributed by atoms with Crippen LogP contribution in [0.15, 0.2) is 66.0 Å². The molecule has 8 heteroatoms. The molecule has 6 nitrogen and oxygen atoms in total. The molecule has 4 aromatic rings. The molecular weight excluding hydrogens is 432 g/mol. The lowest BCUT2D eigenvalue weighted by molar-refractivity contribution is 0.0961. The summed E-state index contributed by atoms with van der Waals surface area (Å²) in [7, 11) is 0. The van der Waals surface area contributed by atoms with Crippen LogP contribution < -0.4 is 0 Å². The molecule has 154 valence electrons. The van der Waals surface area contributed by atoms with Crippen LogP contribution in [-0.2, 0) is 6.42 Å². The van der Waals surface area contributed by atoms with E-state index in [-0.39, 0.29) is 23.2 Å². The second kappa shape index (κ2) is 8.24. The second-order valence-electron chi connectivity index (χ2n) is 7.40. The minimum absolute atomic E-state index is 0.0104. The van der Waals surface area contributed by atoms with Gasteiger partial charge in [0.2, 0.25) is 5.16 Å². The van der Waals surface area contributed by atoms with Crippen molar-refractivity contribution in [3.63, 3.8) is 0 Å². The van der Waals surface area contributed by atoms with Crippen molar-refractivity contribution in [3.05, 3.63) is 88.2 Å². The lowest BCUT2D eigenvalue weighted by atomic mass is 9.82. The normalized spacial score (nSPS) is 15.8. The zero-order chi connectivity index (χ0) is 21.4. The molecule has 0 saturated heterocycles. The van der Waals surface area contributed by atoms with Gasteiger partial charge in [0.15, 0.2) is 11.6 Å². The van der Waals surface area contributed by atoms with E-state index < -0.39 is 0 Å². The molecule has 2 aromatic carbocycles. The molecule has 0 N–H and O–H groups in total. The number of thioether (sulfide) groups is 1. The van der Waals surface area contributed by atoms with Crippen molar-refractivity contribution in [1.29, 1.82) is 0 Å². The summed E-state index contributed by atoms with van der Waals surface area (Å²) in [6, 6.07) is 16.7. The number of ketones is 2. The van der Waals surface area contributed by atoms with Gasteiger partial charge in [-0.15, -0.1) is 5.10 Å². The Bertz CT molecular complexity index is 1310. The number of carbonyl (C=O) groups excluding carboxylic acids is 2. The molecular formula is C23H17ClN4O2S. The minimum atomic E-state index is 0.0104. The predicted molar refractivity (Wildman–Crippen MR) is 119 cm³/mol. The molecule has 1 aliphatic rings. The van der Waals surface area contributed by atoms with Gasteiger partial charge >= 0.3 is 0 Å². The van der Waals surface area contributed by atoms with Gasteiger partial charge in [-0.2, -0.15) is 4.98 Å². The van der Waals surface area contributed by atoms with Gasteiger partial charge < -0.3 is 0 Å². The number of rotatable bonds is 5. The number of Topliss-reactive ketones (excluding diaryl/α,β-unsaturated/α-hetero) is 2. The number of carbonyl (C=O) groups is 2. The lowest BCUT2D eigenvalue weighted by Crippen LogP contribution is -2.21. The molecule has 0 spiro atoms. The summed E-state index contributed by atoms with van der Waals surface area (Å²) >= 11 is 7.38. The van der Waals surface area contributed by atoms with E-state index in [0.29, 0.717) is 39.9 Å². The highest BCUT2D eigenvalue weighted by Crippen LogP contribution is 2.33. The fourth-order valence-corrected chi connectivity index (χ4v) is 4.68. The molecule has 0 bridgehead atoms. The van der Waals surface area contributed by atoms with Crippen LogP contribution in [0.3, 0.4) is 0 Å². The maximum Gasteiger partial charge on any atom is 0.253 e. The molecule has 1 aliphatic carbocycles. The van der Waals surface area contributed by atoms with Gasteiger partial charge in [0, 0.05) is 23.2 Å². The first-order valence-electron chi connectivity index (χ1n) is 9.83. The van der Waals surface area contributed by atoms with Gasteiger partial charge in [-0.25, -0.2) is 9.50 Å². The third-order valence-corrected chi connectivity index (χ3v) is 6.38. The zero-order valence-corrected chi connectivity index (χ0v) is 17.9. The van der Waals surface area contributed by atoms with Gasteiger partial charge in [-0.3, -0.25) is 9.59 Å². The van der Waals surface area contributed by atoms with Crippen LogP contribution in [-0.4, -0.2) is 36.9 Å². The van der Waals surface area contributed by atoms with Crippen molar-refractivity contribution in [3.8, 4) is 0 Å². The Kier molecular flexibility index (Phi) is 5.29. The van der Waals surface area contributed by atoms with Crippen LogP contribution in [0.5, 0.6) is 0 Å². The fourth-order valence-electron chi connectivity index (χ4n) is 3.76. The Morgan fingerprint density at radius 2 is 1.94 bits per heavy atom. The first-order chi connectivity index (χ1) is 15.1. The summed E-state index contributed by atoms with van der Waals surface area (Å²) in [5, 5.41) is 5.51. The van der Waals surface area contributed by atoms with Crippen molar-refractivity contribution < 1.29 is 9.59 Å². The van der Waals surface area contributed by atoms with Crippen LogP contribution >= 0.6 is 23.4 Å². The van der Waals surface area contributed by atoms with Crippen LogP contribution in [0.1, 0.15) is 44.3 Å². The van der Waals surface area contributed by atoms with E-state index in [4.69, 9.17) is 11.6 Å². The molecule has 0 unspecified atom stereocenters. The first kappa shape index (κ1) is 19.9. The number of fused-ring (bicyclic) bond motifs is 2. The van der Waals surface area contributed by atoms with Crippen molar-refractivity contribution >= 4 is 40.7 Å². The summed E-state index contributed by atoms with van der Waals surface area (Å²) in [4.78, 5) is 34.2. The fraction of sp³-hybridized carbons (Fsp3) is 0.174. The number of hydrogen-bond donors (Lipinski definition) is 0. The summed E-state index contributed by atoms with van der Waals surface area (Å²) in [6.07, 6.45) is 2.74. The quantitative estimate of drug-likeness (QED) is 0.326. The average Bonchev–Trinajstić information content (AvgIpc) is 3.18. The van der Waals surface area contributed by atoms with E-state index in [1.54, 1.807) is 18.3 Å². The highest BCUT2D eigenvalue weighted by atomic mass is 35.5. The van der Waals surface area contributed by atoms with Gasteiger partial charge in [0.05, 0.1) is 17.0 Å². The SMILES string of the molecule is O=C(CSc1nc2nc3c(cn2n1)C(=O)C[C@H](c1cccc(Cl)c1)C3)c1ccccc1. The van der Waals surface area contributed by atoms with E-state index in [1.165, 1.54) is 16.3 Å². The van der Waals surface area contributed by atoms with E-state index >= 15 is 0 Å². The second-order valence-corrected chi connectivity index (χ2v) is 8.78. The zero-order valence-electron chi connectivity index (χ0n) is 16.4. The van der Waals surface area contributed by atoms with Gasteiger partial charge in [-0.05, 0) is 30.0 Å². The van der Waals surface area contributed by atoms with Crippen LogP contribution in [0.2, 0.25) is 5.02 Å². The number of nitrogens with zero attached hydrogens (tertiary/aromatic N) is 4. The Hall–Kier alpha value is -3.03. The molecule has 2 heterocycles. The molecule has 1 atom stereocenters. The van der Waals surface area contributed by atoms with E-state index in [9.17, 15) is 9.59 Å². The van der Waals surface area contributed by atoms with Gasteiger partial charge in [0.25, 0.3) is 5.78 Å².